The Morgan fingerprint density at radius 3 is 0.538 bits per heavy atom. The molecular formula is C52H105. The van der Waals surface area contributed by atoms with E-state index in [-0.39, 0.29) is 0 Å². The predicted octanol–water partition coefficient (Wildman–Crippen LogP) is 20.2. The van der Waals surface area contributed by atoms with Crippen LogP contribution in [-0.2, 0) is 0 Å². The molecule has 0 N–H and O–H groups in total. The first-order chi connectivity index (χ1) is 25.8. The third-order valence-corrected chi connectivity index (χ3v) is 12.5. The Kier molecular flexibility index (Phi) is 49.0. The summed E-state index contributed by atoms with van der Waals surface area (Å²) in [6.07, 6.45) is 70.6. The molecule has 313 valence electrons. The van der Waals surface area contributed by atoms with Crippen LogP contribution in [0.15, 0.2) is 0 Å². The molecule has 1 radical (unpaired) electrons. The van der Waals surface area contributed by atoms with Crippen LogP contribution in [0.4, 0.5) is 0 Å². The van der Waals surface area contributed by atoms with Gasteiger partial charge in [-0.15, -0.1) is 0 Å². The molecule has 0 aromatic heterocycles. The second-order valence-corrected chi connectivity index (χ2v) is 17.9. The van der Waals surface area contributed by atoms with Gasteiger partial charge in [0.25, 0.3) is 0 Å². The Bertz CT molecular complexity index is 579. The van der Waals surface area contributed by atoms with E-state index in [9.17, 15) is 0 Å². The van der Waals surface area contributed by atoms with Gasteiger partial charge in [0.05, 0.1) is 0 Å². The first-order valence-corrected chi connectivity index (χ1v) is 25.6. The predicted molar refractivity (Wildman–Crippen MR) is 242 cm³/mol. The Morgan fingerprint density at radius 2 is 0.365 bits per heavy atom. The van der Waals surface area contributed by atoms with E-state index in [2.05, 4.69) is 20.8 Å². The van der Waals surface area contributed by atoms with Crippen LogP contribution >= 0.6 is 0 Å². The summed E-state index contributed by atoms with van der Waals surface area (Å²) in [5.41, 5.74) is 0. The topological polar surface area (TPSA) is 0 Å². The highest BCUT2D eigenvalue weighted by Gasteiger charge is 2.09. The fourth-order valence-corrected chi connectivity index (χ4v) is 8.77. The molecule has 0 fully saturated rings. The van der Waals surface area contributed by atoms with Gasteiger partial charge in [-0.1, -0.05) is 329 Å². The molecule has 0 heterocycles. The van der Waals surface area contributed by atoms with Gasteiger partial charge >= 0.3 is 0 Å². The SMILES string of the molecule is [CH2]CCCCCC(CCCCCCCCCCCCCCCCCCCCC)CCCCCCCCCCCCCCCCCCCCCCCC. The zero-order chi connectivity index (χ0) is 37.5. The molecule has 0 spiro atoms. The maximum Gasteiger partial charge on any atom is -0.0414 e. The van der Waals surface area contributed by atoms with Gasteiger partial charge in [0.2, 0.25) is 0 Å². The minimum absolute atomic E-state index is 1.01. The monoisotopic (exact) mass is 730 g/mol. The van der Waals surface area contributed by atoms with E-state index in [1.807, 2.05) is 0 Å². The second-order valence-electron chi connectivity index (χ2n) is 17.9. The van der Waals surface area contributed by atoms with Crippen molar-refractivity contribution < 1.29 is 0 Å². The zero-order valence-electron chi connectivity index (χ0n) is 37.2. The van der Waals surface area contributed by atoms with Crippen LogP contribution in [0, 0.1) is 12.8 Å². The molecule has 1 unspecified atom stereocenters. The van der Waals surface area contributed by atoms with Crippen molar-refractivity contribution in [1.82, 2.24) is 0 Å². The van der Waals surface area contributed by atoms with Crippen LogP contribution in [0.3, 0.4) is 0 Å². The van der Waals surface area contributed by atoms with E-state index in [1.165, 1.54) is 302 Å². The first kappa shape index (κ1) is 52.0. The highest BCUT2D eigenvalue weighted by Crippen LogP contribution is 2.25. The lowest BCUT2D eigenvalue weighted by atomic mass is 9.89. The Morgan fingerprint density at radius 1 is 0.212 bits per heavy atom. The van der Waals surface area contributed by atoms with Crippen LogP contribution in [0.25, 0.3) is 0 Å². The molecule has 0 aromatic carbocycles. The zero-order valence-corrected chi connectivity index (χ0v) is 37.2. The fraction of sp³-hybridized carbons (Fsp3) is 0.981. The van der Waals surface area contributed by atoms with Crippen molar-refractivity contribution in [2.24, 2.45) is 5.92 Å². The van der Waals surface area contributed by atoms with Crippen LogP contribution in [-0.4, -0.2) is 0 Å². The summed E-state index contributed by atoms with van der Waals surface area (Å²) >= 11 is 0. The third-order valence-electron chi connectivity index (χ3n) is 12.5. The highest BCUT2D eigenvalue weighted by molar-refractivity contribution is 4.63. The van der Waals surface area contributed by atoms with Crippen molar-refractivity contribution in [3.8, 4) is 0 Å². The standard InChI is InChI=1S/C52H105/c1-4-7-10-13-15-17-19-21-23-25-27-28-29-31-33-35-37-39-41-43-45-48-51-52(49-46-12-9-6-3)50-47-44-42-40-38-36-34-32-30-26-24-22-20-18-16-14-11-8-5-2/h52H,3-51H2,1-2H3. The molecule has 0 aliphatic heterocycles. The van der Waals surface area contributed by atoms with Crippen molar-refractivity contribution in [1.29, 1.82) is 0 Å². The summed E-state index contributed by atoms with van der Waals surface area (Å²) in [6, 6.07) is 0. The third kappa shape index (κ3) is 46.2. The maximum atomic E-state index is 4.07. The van der Waals surface area contributed by atoms with Crippen LogP contribution < -0.4 is 0 Å². The largest absolute Gasteiger partial charge is 0.0654 e. The molecular weight excluding hydrogens is 625 g/mol. The van der Waals surface area contributed by atoms with Gasteiger partial charge in [-0.2, -0.15) is 0 Å². The average Bonchev–Trinajstić information content (AvgIpc) is 3.16. The molecule has 0 saturated carbocycles. The first-order valence-electron chi connectivity index (χ1n) is 25.6. The van der Waals surface area contributed by atoms with E-state index in [0.717, 1.165) is 12.3 Å². The minimum atomic E-state index is 1.01. The summed E-state index contributed by atoms with van der Waals surface area (Å²) in [6.45, 7) is 8.70. The Balaban J connectivity index is 3.54. The maximum absolute atomic E-state index is 4.07. The van der Waals surface area contributed by atoms with E-state index in [1.54, 1.807) is 0 Å². The quantitative estimate of drug-likeness (QED) is 0.0547. The summed E-state index contributed by atoms with van der Waals surface area (Å²) in [5.74, 6) is 1.01. The number of hydrogen-bond donors (Lipinski definition) is 0. The molecule has 0 aliphatic carbocycles. The molecule has 0 rings (SSSR count). The lowest BCUT2D eigenvalue weighted by molar-refractivity contribution is 0.366. The van der Waals surface area contributed by atoms with Gasteiger partial charge in [0, 0.05) is 0 Å². The Hall–Kier alpha value is 0. The number of rotatable bonds is 48. The van der Waals surface area contributed by atoms with E-state index in [0.29, 0.717) is 0 Å². The van der Waals surface area contributed by atoms with E-state index in [4.69, 9.17) is 0 Å². The molecule has 0 saturated heterocycles. The molecule has 0 heteroatoms. The van der Waals surface area contributed by atoms with Crippen LogP contribution in [0.2, 0.25) is 0 Å². The summed E-state index contributed by atoms with van der Waals surface area (Å²) < 4.78 is 0. The van der Waals surface area contributed by atoms with Gasteiger partial charge in [-0.3, -0.25) is 0 Å². The molecule has 0 aromatic rings. The van der Waals surface area contributed by atoms with Crippen LogP contribution in [0.5, 0.6) is 0 Å². The normalized spacial score (nSPS) is 12.3. The lowest BCUT2D eigenvalue weighted by Crippen LogP contribution is -2.01. The van der Waals surface area contributed by atoms with Crippen molar-refractivity contribution in [2.45, 2.75) is 322 Å². The Labute approximate surface area is 333 Å². The summed E-state index contributed by atoms with van der Waals surface area (Å²) in [7, 11) is 0. The second kappa shape index (κ2) is 49.0. The van der Waals surface area contributed by atoms with Gasteiger partial charge in [-0.05, 0) is 5.92 Å². The molecule has 0 bridgehead atoms. The summed E-state index contributed by atoms with van der Waals surface area (Å²) in [5, 5.41) is 0. The molecule has 0 amide bonds. The average molecular weight is 730 g/mol. The van der Waals surface area contributed by atoms with Gasteiger partial charge in [0.1, 0.15) is 0 Å². The molecule has 0 nitrogen and oxygen atoms in total. The van der Waals surface area contributed by atoms with Gasteiger partial charge < -0.3 is 0 Å². The number of hydrogen-bond acceptors (Lipinski definition) is 0. The van der Waals surface area contributed by atoms with E-state index < -0.39 is 0 Å². The van der Waals surface area contributed by atoms with Crippen molar-refractivity contribution in [2.75, 3.05) is 0 Å². The fourth-order valence-electron chi connectivity index (χ4n) is 8.77. The van der Waals surface area contributed by atoms with Gasteiger partial charge in [-0.25, -0.2) is 0 Å². The highest BCUT2D eigenvalue weighted by atomic mass is 14.1. The van der Waals surface area contributed by atoms with E-state index >= 15 is 0 Å². The van der Waals surface area contributed by atoms with Gasteiger partial charge in [0.15, 0.2) is 0 Å². The minimum Gasteiger partial charge on any atom is -0.0654 e. The molecule has 52 heavy (non-hydrogen) atoms. The van der Waals surface area contributed by atoms with Crippen molar-refractivity contribution in [3.05, 3.63) is 6.92 Å². The lowest BCUT2D eigenvalue weighted by Gasteiger charge is -2.17. The van der Waals surface area contributed by atoms with Crippen molar-refractivity contribution in [3.63, 3.8) is 0 Å². The molecule has 1 atom stereocenters. The van der Waals surface area contributed by atoms with Crippen LogP contribution in [0.1, 0.15) is 322 Å². The summed E-state index contributed by atoms with van der Waals surface area (Å²) in [4.78, 5) is 0. The van der Waals surface area contributed by atoms with Crippen molar-refractivity contribution >= 4 is 0 Å². The number of unbranched alkanes of at least 4 members (excludes halogenated alkanes) is 42. The smallest absolute Gasteiger partial charge is 0.0414 e. The molecule has 0 aliphatic rings.